The maximum atomic E-state index is 9.11. The summed E-state index contributed by atoms with van der Waals surface area (Å²) in [7, 11) is 0. The summed E-state index contributed by atoms with van der Waals surface area (Å²) in [5.74, 6) is 0.982. The average molecular weight is 753 g/mol. The highest BCUT2D eigenvalue weighted by molar-refractivity contribution is 6.28. The monoisotopic (exact) mass is 752 g/mol. The van der Waals surface area contributed by atoms with Crippen LogP contribution in [0.3, 0.4) is 0 Å². The zero-order valence-electron chi connectivity index (χ0n) is 32.1. The first-order chi connectivity index (χ1) is 29.2. The predicted octanol–water partition coefficient (Wildman–Crippen LogP) is 15.1. The van der Waals surface area contributed by atoms with E-state index in [4.69, 9.17) is 14.8 Å². The molecule has 0 bridgehead atoms. The van der Waals surface area contributed by atoms with Gasteiger partial charge in [0.05, 0.1) is 5.71 Å². The summed E-state index contributed by atoms with van der Waals surface area (Å²) in [4.78, 5) is 5.01. The second-order valence-corrected chi connectivity index (χ2v) is 15.0. The van der Waals surface area contributed by atoms with E-state index in [1.54, 1.807) is 0 Å². The van der Waals surface area contributed by atoms with E-state index in [2.05, 4.69) is 158 Å². The third-order valence-corrected chi connectivity index (χ3v) is 11.5. The average Bonchev–Trinajstić information content (AvgIpc) is 3.74. The fourth-order valence-corrected chi connectivity index (χ4v) is 8.80. The van der Waals surface area contributed by atoms with Gasteiger partial charge in [-0.2, -0.15) is 0 Å². The minimum absolute atomic E-state index is 0.194. The van der Waals surface area contributed by atoms with Crippen molar-refractivity contribution in [3.8, 4) is 22.5 Å². The molecule has 3 nitrogen and oxygen atoms in total. The van der Waals surface area contributed by atoms with E-state index in [1.807, 2.05) is 54.6 Å². The third kappa shape index (κ3) is 6.00. The molecule has 0 aliphatic rings. The van der Waals surface area contributed by atoms with E-state index in [0.717, 1.165) is 49.8 Å². The van der Waals surface area contributed by atoms with Gasteiger partial charge in [-0.05, 0) is 101 Å². The second kappa shape index (κ2) is 14.3. The summed E-state index contributed by atoms with van der Waals surface area (Å²) in [5.41, 5.74) is 7.68. The van der Waals surface area contributed by atoms with Gasteiger partial charge in [0.15, 0.2) is 5.84 Å². The van der Waals surface area contributed by atoms with Crippen molar-refractivity contribution in [1.82, 2.24) is 0 Å². The van der Waals surface area contributed by atoms with Crippen LogP contribution in [0, 0.1) is 5.41 Å². The molecule has 0 aliphatic carbocycles. The van der Waals surface area contributed by atoms with Gasteiger partial charge in [0, 0.05) is 22.1 Å². The molecule has 0 radical (unpaired) electrons. The van der Waals surface area contributed by atoms with Crippen molar-refractivity contribution < 1.29 is 4.42 Å². The molecule has 3 heteroatoms. The second-order valence-electron chi connectivity index (χ2n) is 15.0. The Hall–Kier alpha value is -7.88. The Kier molecular flexibility index (Phi) is 8.30. The first kappa shape index (κ1) is 34.4. The summed E-state index contributed by atoms with van der Waals surface area (Å²) in [5, 5.41) is 22.2. The molecule has 0 amide bonds. The molecule has 1 aromatic heterocycles. The number of nitrogens with one attached hydrogen (secondary N) is 1. The van der Waals surface area contributed by atoms with Gasteiger partial charge in [-0.15, -0.1) is 0 Å². The molecule has 0 spiro atoms. The SMILES string of the molecule is N=C(N=C(/C=C/c1c2ccccc2c(-c2c3ccccc3cc3c2ccc2ccccc23)c2ccccc12)c1cccc(-c2cc3ccccc3o2)c1)c1ccccc1. The Balaban J connectivity index is 1.14. The smallest absolute Gasteiger partial charge is 0.152 e. The molecule has 59 heavy (non-hydrogen) atoms. The number of fused-ring (bicyclic) bond motifs is 7. The quantitative estimate of drug-likeness (QED) is 0.0782. The van der Waals surface area contributed by atoms with Gasteiger partial charge < -0.3 is 4.42 Å². The van der Waals surface area contributed by atoms with Crippen LogP contribution in [0.15, 0.2) is 216 Å². The molecule has 0 unspecified atom stereocenters. The van der Waals surface area contributed by atoms with E-state index in [-0.39, 0.29) is 5.84 Å². The topological polar surface area (TPSA) is 49.4 Å². The van der Waals surface area contributed by atoms with Crippen LogP contribution in [0.5, 0.6) is 0 Å². The maximum absolute atomic E-state index is 9.11. The number of rotatable bonds is 6. The van der Waals surface area contributed by atoms with Gasteiger partial charge in [-0.1, -0.05) is 182 Å². The number of hydrogen-bond acceptors (Lipinski definition) is 2. The minimum atomic E-state index is 0.194. The standard InChI is InChI=1S/C56H36N2O/c57-56(37-16-2-1-3-17-37)58-51(39-20-14-21-40(33-39)53-35-41-19-6-13-28-52(41)59-53)32-31-46-44-24-9-11-26-47(44)55(48-27-12-10-25-45(46)48)54-43-23-8-5-18-38(43)34-50-42-22-7-4-15-36(42)29-30-49(50)54/h1-35,57H/b32-31+,57-56?,58-51?. The highest BCUT2D eigenvalue weighted by Crippen LogP contribution is 2.46. The van der Waals surface area contributed by atoms with Crippen molar-refractivity contribution in [2.24, 2.45) is 4.99 Å². The fourth-order valence-electron chi connectivity index (χ4n) is 8.80. The van der Waals surface area contributed by atoms with Crippen molar-refractivity contribution in [3.05, 3.63) is 223 Å². The largest absolute Gasteiger partial charge is 0.456 e. The highest BCUT2D eigenvalue weighted by Gasteiger charge is 2.20. The predicted molar refractivity (Wildman–Crippen MR) is 250 cm³/mol. The van der Waals surface area contributed by atoms with Crippen molar-refractivity contribution in [2.75, 3.05) is 0 Å². The van der Waals surface area contributed by atoms with Crippen molar-refractivity contribution >= 4 is 82.5 Å². The number of nitrogens with zero attached hydrogens (tertiary/aromatic N) is 1. The lowest BCUT2D eigenvalue weighted by molar-refractivity contribution is 0.631. The first-order valence-electron chi connectivity index (χ1n) is 20.0. The molecule has 10 aromatic carbocycles. The molecule has 1 heterocycles. The molecule has 0 atom stereocenters. The van der Waals surface area contributed by atoms with Gasteiger partial charge in [0.2, 0.25) is 0 Å². The van der Waals surface area contributed by atoms with E-state index in [1.165, 1.54) is 54.2 Å². The van der Waals surface area contributed by atoms with Gasteiger partial charge in [-0.25, -0.2) is 4.99 Å². The molecular formula is C56H36N2O. The number of hydrogen-bond donors (Lipinski definition) is 1. The minimum Gasteiger partial charge on any atom is -0.456 e. The molecule has 11 rings (SSSR count). The normalized spacial score (nSPS) is 12.2. The first-order valence-corrected chi connectivity index (χ1v) is 20.0. The lowest BCUT2D eigenvalue weighted by atomic mass is 9.83. The lowest BCUT2D eigenvalue weighted by Gasteiger charge is -2.20. The molecule has 276 valence electrons. The van der Waals surface area contributed by atoms with Crippen LogP contribution in [0.4, 0.5) is 0 Å². The van der Waals surface area contributed by atoms with E-state index in [9.17, 15) is 0 Å². The number of allylic oxidation sites excluding steroid dienone is 1. The van der Waals surface area contributed by atoms with E-state index < -0.39 is 0 Å². The van der Waals surface area contributed by atoms with Gasteiger partial charge in [-0.3, -0.25) is 5.41 Å². The summed E-state index contributed by atoms with van der Waals surface area (Å²) in [6.45, 7) is 0. The van der Waals surface area contributed by atoms with Crippen LogP contribution < -0.4 is 0 Å². The van der Waals surface area contributed by atoms with E-state index >= 15 is 0 Å². The fraction of sp³-hybridized carbons (Fsp3) is 0. The Bertz CT molecular complexity index is 3430. The van der Waals surface area contributed by atoms with Crippen LogP contribution in [-0.2, 0) is 0 Å². The van der Waals surface area contributed by atoms with E-state index in [0.29, 0.717) is 5.71 Å². The van der Waals surface area contributed by atoms with Gasteiger partial charge >= 0.3 is 0 Å². The number of benzene rings is 10. The number of furan rings is 1. The van der Waals surface area contributed by atoms with Crippen LogP contribution in [-0.4, -0.2) is 11.5 Å². The third-order valence-electron chi connectivity index (χ3n) is 11.5. The zero-order valence-corrected chi connectivity index (χ0v) is 32.1. The van der Waals surface area contributed by atoms with Gasteiger partial charge in [0.1, 0.15) is 11.3 Å². The number of para-hydroxylation sites is 1. The molecule has 11 aromatic rings. The van der Waals surface area contributed by atoms with Crippen molar-refractivity contribution in [2.45, 2.75) is 0 Å². The Labute approximate surface area is 341 Å². The zero-order chi connectivity index (χ0) is 39.3. The van der Waals surface area contributed by atoms with Crippen molar-refractivity contribution in [3.63, 3.8) is 0 Å². The summed E-state index contributed by atoms with van der Waals surface area (Å²) < 4.78 is 6.29. The molecule has 1 N–H and O–H groups in total. The molecule has 0 fully saturated rings. The van der Waals surface area contributed by atoms with Gasteiger partial charge in [0.25, 0.3) is 0 Å². The summed E-state index contributed by atoms with van der Waals surface area (Å²) in [6, 6.07) is 70.0. The van der Waals surface area contributed by atoms with Crippen LogP contribution in [0.25, 0.3) is 93.4 Å². The highest BCUT2D eigenvalue weighted by atomic mass is 16.3. The summed E-state index contributed by atoms with van der Waals surface area (Å²) in [6.07, 6.45) is 4.26. The van der Waals surface area contributed by atoms with Crippen LogP contribution >= 0.6 is 0 Å². The Morgan fingerprint density at radius 2 is 1.00 bits per heavy atom. The van der Waals surface area contributed by atoms with Crippen LogP contribution in [0.1, 0.15) is 16.7 Å². The Morgan fingerprint density at radius 3 is 1.75 bits per heavy atom. The molecule has 0 aliphatic heterocycles. The lowest BCUT2D eigenvalue weighted by Crippen LogP contribution is -2.04. The van der Waals surface area contributed by atoms with Crippen LogP contribution in [0.2, 0.25) is 0 Å². The number of aliphatic imine (C=N–C) groups is 1. The number of amidine groups is 1. The molecular weight excluding hydrogens is 717 g/mol. The maximum Gasteiger partial charge on any atom is 0.152 e. The Morgan fingerprint density at radius 1 is 0.424 bits per heavy atom. The van der Waals surface area contributed by atoms with Crippen molar-refractivity contribution in [1.29, 1.82) is 5.41 Å². The molecule has 0 saturated heterocycles. The summed E-state index contributed by atoms with van der Waals surface area (Å²) >= 11 is 0. The molecule has 0 saturated carbocycles.